The van der Waals surface area contributed by atoms with Crippen LogP contribution in [0.1, 0.15) is 39.5 Å². The van der Waals surface area contributed by atoms with E-state index in [1.807, 2.05) is 0 Å². The van der Waals surface area contributed by atoms with E-state index < -0.39 is 10.0 Å². The van der Waals surface area contributed by atoms with E-state index in [-0.39, 0.29) is 23.2 Å². The Morgan fingerprint density at radius 2 is 1.96 bits per heavy atom. The first-order chi connectivity index (χ1) is 11.7. The van der Waals surface area contributed by atoms with Gasteiger partial charge >= 0.3 is 0 Å². The summed E-state index contributed by atoms with van der Waals surface area (Å²) in [7, 11) is -3.68. The molecule has 0 aliphatic heterocycles. The number of rotatable bonds is 10. The SMILES string of the molecule is CCCCC(CC)CNC(=O)CN(c1cc(Cl)ccc1Cl)S(C)(=O)=O. The van der Waals surface area contributed by atoms with E-state index in [0.29, 0.717) is 17.5 Å². The number of hydrogen-bond donors (Lipinski definition) is 1. The van der Waals surface area contributed by atoms with Crippen molar-refractivity contribution in [1.29, 1.82) is 0 Å². The van der Waals surface area contributed by atoms with Crippen LogP contribution in [0.25, 0.3) is 0 Å². The zero-order valence-corrected chi connectivity index (χ0v) is 17.2. The van der Waals surface area contributed by atoms with Gasteiger partial charge in [-0.25, -0.2) is 8.42 Å². The van der Waals surface area contributed by atoms with E-state index in [9.17, 15) is 13.2 Å². The fraction of sp³-hybridized carbons (Fsp3) is 0.588. The van der Waals surface area contributed by atoms with Crippen LogP contribution in [0.3, 0.4) is 0 Å². The number of halogens is 2. The van der Waals surface area contributed by atoms with E-state index in [2.05, 4.69) is 19.2 Å². The summed E-state index contributed by atoms with van der Waals surface area (Å²) in [6, 6.07) is 4.51. The van der Waals surface area contributed by atoms with Crippen LogP contribution in [0.2, 0.25) is 10.0 Å². The Bertz CT molecular complexity index is 680. The minimum Gasteiger partial charge on any atom is -0.354 e. The van der Waals surface area contributed by atoms with Crippen LogP contribution in [0.15, 0.2) is 18.2 Å². The molecule has 5 nitrogen and oxygen atoms in total. The highest BCUT2D eigenvalue weighted by molar-refractivity contribution is 7.92. The van der Waals surface area contributed by atoms with Crippen molar-refractivity contribution in [2.75, 3.05) is 23.7 Å². The summed E-state index contributed by atoms with van der Waals surface area (Å²) in [5.41, 5.74) is 0.199. The molecule has 1 aromatic rings. The number of unbranched alkanes of at least 4 members (excludes halogenated alkanes) is 1. The molecule has 0 aliphatic carbocycles. The van der Waals surface area contributed by atoms with Crippen LogP contribution in [0, 0.1) is 5.92 Å². The van der Waals surface area contributed by atoms with E-state index in [1.165, 1.54) is 12.1 Å². The molecule has 1 amide bonds. The van der Waals surface area contributed by atoms with Crippen LogP contribution in [0.5, 0.6) is 0 Å². The van der Waals surface area contributed by atoms with Crippen molar-refractivity contribution in [2.24, 2.45) is 5.92 Å². The maximum Gasteiger partial charge on any atom is 0.240 e. The van der Waals surface area contributed by atoms with E-state index in [1.54, 1.807) is 6.07 Å². The van der Waals surface area contributed by atoms with Crippen LogP contribution in [-0.2, 0) is 14.8 Å². The molecule has 1 unspecified atom stereocenters. The average Bonchev–Trinajstić information content (AvgIpc) is 2.54. The average molecular weight is 409 g/mol. The first-order valence-electron chi connectivity index (χ1n) is 8.38. The van der Waals surface area contributed by atoms with Crippen LogP contribution in [0.4, 0.5) is 5.69 Å². The molecule has 0 saturated heterocycles. The fourth-order valence-electron chi connectivity index (χ4n) is 2.45. The molecule has 0 aliphatic rings. The second-order valence-electron chi connectivity index (χ2n) is 6.09. The molecular weight excluding hydrogens is 383 g/mol. The predicted octanol–water partition coefficient (Wildman–Crippen LogP) is 4.09. The molecule has 1 atom stereocenters. The monoisotopic (exact) mass is 408 g/mol. The smallest absolute Gasteiger partial charge is 0.240 e. The third-order valence-electron chi connectivity index (χ3n) is 4.00. The number of sulfonamides is 1. The highest BCUT2D eigenvalue weighted by atomic mass is 35.5. The predicted molar refractivity (Wildman–Crippen MR) is 105 cm³/mol. The minimum atomic E-state index is -3.68. The second kappa shape index (κ2) is 10.2. The fourth-order valence-corrected chi connectivity index (χ4v) is 3.74. The lowest BCUT2D eigenvalue weighted by molar-refractivity contribution is -0.119. The number of benzene rings is 1. The van der Waals surface area contributed by atoms with Crippen molar-refractivity contribution in [3.05, 3.63) is 28.2 Å². The highest BCUT2D eigenvalue weighted by Gasteiger charge is 2.23. The maximum absolute atomic E-state index is 12.3. The summed E-state index contributed by atoms with van der Waals surface area (Å²) >= 11 is 12.0. The van der Waals surface area contributed by atoms with Gasteiger partial charge in [0.25, 0.3) is 0 Å². The van der Waals surface area contributed by atoms with Crippen molar-refractivity contribution >= 4 is 44.8 Å². The van der Waals surface area contributed by atoms with Crippen molar-refractivity contribution in [3.8, 4) is 0 Å². The molecular formula is C17H26Cl2N2O3S. The molecule has 1 aromatic carbocycles. The summed E-state index contributed by atoms with van der Waals surface area (Å²) < 4.78 is 25.2. The molecule has 1 rings (SSSR count). The van der Waals surface area contributed by atoms with Crippen molar-refractivity contribution < 1.29 is 13.2 Å². The van der Waals surface area contributed by atoms with Crippen LogP contribution >= 0.6 is 23.2 Å². The molecule has 8 heteroatoms. The third-order valence-corrected chi connectivity index (χ3v) is 5.68. The van der Waals surface area contributed by atoms with E-state index in [4.69, 9.17) is 23.2 Å². The van der Waals surface area contributed by atoms with Gasteiger partial charge in [-0.2, -0.15) is 0 Å². The summed E-state index contributed by atoms with van der Waals surface area (Å²) in [6.45, 7) is 4.42. The molecule has 1 N–H and O–H groups in total. The molecule has 0 bridgehead atoms. The number of anilines is 1. The quantitative estimate of drug-likeness (QED) is 0.633. The van der Waals surface area contributed by atoms with Gasteiger partial charge in [-0.05, 0) is 30.5 Å². The van der Waals surface area contributed by atoms with Gasteiger partial charge in [0.1, 0.15) is 6.54 Å². The number of carbonyl (C=O) groups is 1. The number of amides is 1. The van der Waals surface area contributed by atoms with Crippen molar-refractivity contribution in [2.45, 2.75) is 39.5 Å². The molecule has 142 valence electrons. The molecule has 0 saturated carbocycles. The number of carbonyl (C=O) groups excluding carboxylic acids is 1. The van der Waals surface area contributed by atoms with Gasteiger partial charge in [0.05, 0.1) is 17.0 Å². The minimum absolute atomic E-state index is 0.199. The first kappa shape index (κ1) is 22.1. The second-order valence-corrected chi connectivity index (χ2v) is 8.84. The van der Waals surface area contributed by atoms with Crippen LogP contribution < -0.4 is 9.62 Å². The molecule has 25 heavy (non-hydrogen) atoms. The summed E-state index contributed by atoms with van der Waals surface area (Å²) in [4.78, 5) is 12.3. The van der Waals surface area contributed by atoms with Crippen molar-refractivity contribution in [3.63, 3.8) is 0 Å². The largest absolute Gasteiger partial charge is 0.354 e. The van der Waals surface area contributed by atoms with E-state index in [0.717, 1.165) is 36.2 Å². The number of nitrogens with one attached hydrogen (secondary N) is 1. The highest BCUT2D eigenvalue weighted by Crippen LogP contribution is 2.30. The van der Waals surface area contributed by atoms with Gasteiger partial charge in [0.15, 0.2) is 0 Å². The molecule has 0 fully saturated rings. The molecule has 0 spiro atoms. The van der Waals surface area contributed by atoms with Gasteiger partial charge in [-0.15, -0.1) is 0 Å². The Kier molecular flexibility index (Phi) is 9.03. The van der Waals surface area contributed by atoms with E-state index >= 15 is 0 Å². The number of hydrogen-bond acceptors (Lipinski definition) is 3. The normalized spacial score (nSPS) is 12.7. The van der Waals surface area contributed by atoms with Crippen LogP contribution in [-0.4, -0.2) is 33.7 Å². The Hall–Kier alpha value is -0.980. The Morgan fingerprint density at radius 1 is 1.28 bits per heavy atom. The lowest BCUT2D eigenvalue weighted by Crippen LogP contribution is -2.41. The van der Waals surface area contributed by atoms with Gasteiger partial charge < -0.3 is 5.32 Å². The van der Waals surface area contributed by atoms with Gasteiger partial charge in [-0.3, -0.25) is 9.10 Å². The number of nitrogens with zero attached hydrogens (tertiary/aromatic N) is 1. The first-order valence-corrected chi connectivity index (χ1v) is 11.0. The summed E-state index contributed by atoms with van der Waals surface area (Å²) in [6.07, 6.45) is 5.27. The van der Waals surface area contributed by atoms with Gasteiger partial charge in [0.2, 0.25) is 15.9 Å². The van der Waals surface area contributed by atoms with Gasteiger partial charge in [-0.1, -0.05) is 56.3 Å². The maximum atomic E-state index is 12.3. The lowest BCUT2D eigenvalue weighted by atomic mass is 9.99. The summed E-state index contributed by atoms with van der Waals surface area (Å²) in [5, 5.41) is 3.39. The lowest BCUT2D eigenvalue weighted by Gasteiger charge is -2.24. The Morgan fingerprint density at radius 3 is 2.52 bits per heavy atom. The third kappa shape index (κ3) is 7.42. The standard InChI is InChI=1S/C17H26Cl2N2O3S/c1-4-6-7-13(5-2)11-20-17(22)12-21(25(3,23)24)16-10-14(18)8-9-15(16)19/h8-10,13H,4-7,11-12H2,1-3H3,(H,20,22). The zero-order chi connectivity index (χ0) is 19.0. The Labute approximate surface area is 160 Å². The molecule has 0 aromatic heterocycles. The molecule has 0 radical (unpaired) electrons. The van der Waals surface area contributed by atoms with Crippen molar-refractivity contribution in [1.82, 2.24) is 5.32 Å². The Balaban J connectivity index is 2.83. The topological polar surface area (TPSA) is 66.5 Å². The van der Waals surface area contributed by atoms with Gasteiger partial charge in [0, 0.05) is 11.6 Å². The summed E-state index contributed by atoms with van der Waals surface area (Å²) in [5.74, 6) is 0.0294. The molecule has 0 heterocycles. The zero-order valence-electron chi connectivity index (χ0n) is 14.9.